The van der Waals surface area contributed by atoms with E-state index in [4.69, 9.17) is 4.98 Å². The number of thiophene rings is 1. The van der Waals surface area contributed by atoms with Crippen LogP contribution in [0.25, 0.3) is 10.2 Å². The molecule has 3 heterocycles. The standard InChI is InChI=1S/C20H24N4O2S2/c1-11(2)22-17(25)14(5)28-20-23-18-16(12(3)13(4)27-18)19(26)24(20)10-15-8-6-7-9-21-15/h6-9,11,14H,10H2,1-5H3,(H,22,25). The van der Waals surface area contributed by atoms with E-state index < -0.39 is 0 Å². The average molecular weight is 417 g/mol. The maximum Gasteiger partial charge on any atom is 0.263 e. The quantitative estimate of drug-likeness (QED) is 0.491. The lowest BCUT2D eigenvalue weighted by molar-refractivity contribution is -0.120. The molecule has 3 aromatic heterocycles. The van der Waals surface area contributed by atoms with Crippen molar-refractivity contribution in [2.45, 2.75) is 57.6 Å². The molecule has 1 amide bonds. The van der Waals surface area contributed by atoms with Crippen LogP contribution in [-0.4, -0.2) is 31.7 Å². The molecule has 0 aliphatic rings. The average Bonchev–Trinajstić information content (AvgIpc) is 2.92. The van der Waals surface area contributed by atoms with Crippen LogP contribution in [0.1, 0.15) is 36.9 Å². The van der Waals surface area contributed by atoms with Crippen molar-refractivity contribution in [1.29, 1.82) is 0 Å². The van der Waals surface area contributed by atoms with Gasteiger partial charge >= 0.3 is 0 Å². The number of hydrogen-bond acceptors (Lipinski definition) is 6. The van der Waals surface area contributed by atoms with Crippen LogP contribution in [0, 0.1) is 13.8 Å². The fourth-order valence-corrected chi connectivity index (χ4v) is 4.79. The second kappa shape index (κ2) is 8.45. The molecular formula is C20H24N4O2S2. The molecule has 148 valence electrons. The Kier molecular flexibility index (Phi) is 6.20. The lowest BCUT2D eigenvalue weighted by Gasteiger charge is -2.17. The zero-order valence-corrected chi connectivity index (χ0v) is 18.3. The SMILES string of the molecule is Cc1sc2nc(SC(C)C(=O)NC(C)C)n(Cc3ccccn3)c(=O)c2c1C. The number of rotatable bonds is 6. The minimum atomic E-state index is -0.371. The number of thioether (sulfide) groups is 1. The summed E-state index contributed by atoms with van der Waals surface area (Å²) in [4.78, 5) is 36.6. The summed E-state index contributed by atoms with van der Waals surface area (Å²) < 4.78 is 1.63. The summed E-state index contributed by atoms with van der Waals surface area (Å²) >= 11 is 2.82. The van der Waals surface area contributed by atoms with E-state index in [9.17, 15) is 9.59 Å². The minimum Gasteiger partial charge on any atom is -0.353 e. The Bertz CT molecular complexity index is 1060. The zero-order valence-electron chi connectivity index (χ0n) is 16.6. The third-order valence-corrected chi connectivity index (χ3v) is 6.57. The number of fused-ring (bicyclic) bond motifs is 1. The van der Waals surface area contributed by atoms with Gasteiger partial charge in [0.05, 0.1) is 22.9 Å². The first-order valence-electron chi connectivity index (χ1n) is 9.15. The van der Waals surface area contributed by atoms with Gasteiger partial charge in [0.25, 0.3) is 5.56 Å². The van der Waals surface area contributed by atoms with E-state index >= 15 is 0 Å². The van der Waals surface area contributed by atoms with Crippen LogP contribution in [0.5, 0.6) is 0 Å². The Hall–Kier alpha value is -2.19. The van der Waals surface area contributed by atoms with Gasteiger partial charge in [-0.25, -0.2) is 4.98 Å². The van der Waals surface area contributed by atoms with Crippen molar-refractivity contribution in [3.8, 4) is 0 Å². The summed E-state index contributed by atoms with van der Waals surface area (Å²) in [5.41, 5.74) is 1.65. The Morgan fingerprint density at radius 1 is 1.29 bits per heavy atom. The largest absolute Gasteiger partial charge is 0.353 e. The molecule has 0 fully saturated rings. The molecule has 8 heteroatoms. The first kappa shape index (κ1) is 20.5. The first-order valence-corrected chi connectivity index (χ1v) is 10.8. The number of carbonyl (C=O) groups excluding carboxylic acids is 1. The Labute approximate surface area is 172 Å². The number of pyridine rings is 1. The second-order valence-electron chi connectivity index (χ2n) is 6.99. The van der Waals surface area contributed by atoms with Gasteiger partial charge in [-0.1, -0.05) is 17.8 Å². The van der Waals surface area contributed by atoms with Gasteiger partial charge in [-0.2, -0.15) is 0 Å². The summed E-state index contributed by atoms with van der Waals surface area (Å²) in [6, 6.07) is 5.68. The Morgan fingerprint density at radius 2 is 2.04 bits per heavy atom. The predicted octanol–water partition coefficient (Wildman–Crippen LogP) is 3.52. The normalized spacial score (nSPS) is 12.5. The third-order valence-electron chi connectivity index (χ3n) is 4.38. The number of nitrogens with one attached hydrogen (secondary N) is 1. The number of carbonyl (C=O) groups is 1. The van der Waals surface area contributed by atoms with Gasteiger partial charge in [0.15, 0.2) is 5.16 Å². The first-order chi connectivity index (χ1) is 13.3. The Balaban J connectivity index is 2.07. The van der Waals surface area contributed by atoms with Gasteiger partial charge in [-0.15, -0.1) is 11.3 Å². The van der Waals surface area contributed by atoms with Gasteiger partial charge < -0.3 is 5.32 Å². The molecule has 0 saturated heterocycles. The van der Waals surface area contributed by atoms with E-state index in [1.54, 1.807) is 10.8 Å². The van der Waals surface area contributed by atoms with Crippen LogP contribution < -0.4 is 10.9 Å². The highest BCUT2D eigenvalue weighted by Gasteiger charge is 2.22. The minimum absolute atomic E-state index is 0.0595. The third kappa shape index (κ3) is 4.28. The maximum absolute atomic E-state index is 13.3. The molecular weight excluding hydrogens is 392 g/mol. The van der Waals surface area contributed by atoms with Gasteiger partial charge in [-0.05, 0) is 52.3 Å². The van der Waals surface area contributed by atoms with Crippen LogP contribution in [0.15, 0.2) is 34.3 Å². The van der Waals surface area contributed by atoms with Crippen LogP contribution in [-0.2, 0) is 11.3 Å². The molecule has 3 rings (SSSR count). The summed E-state index contributed by atoms with van der Waals surface area (Å²) in [6.07, 6.45) is 1.71. The smallest absolute Gasteiger partial charge is 0.263 e. The van der Waals surface area contributed by atoms with E-state index in [0.29, 0.717) is 17.1 Å². The van der Waals surface area contributed by atoms with Crippen LogP contribution in [0.3, 0.4) is 0 Å². The fourth-order valence-electron chi connectivity index (χ4n) is 2.81. The molecule has 0 aliphatic heterocycles. The number of hydrogen-bond donors (Lipinski definition) is 1. The summed E-state index contributed by atoms with van der Waals surface area (Å²) in [6.45, 7) is 9.94. The van der Waals surface area contributed by atoms with Crippen molar-refractivity contribution in [3.63, 3.8) is 0 Å². The number of amides is 1. The number of nitrogens with zero attached hydrogens (tertiary/aromatic N) is 3. The Morgan fingerprint density at radius 3 is 2.68 bits per heavy atom. The summed E-state index contributed by atoms with van der Waals surface area (Å²) in [5.74, 6) is -0.0720. The van der Waals surface area contributed by atoms with E-state index in [1.807, 2.05) is 52.8 Å². The van der Waals surface area contributed by atoms with Crippen molar-refractivity contribution in [2.24, 2.45) is 0 Å². The van der Waals surface area contributed by atoms with Crippen LogP contribution >= 0.6 is 23.1 Å². The molecule has 0 radical (unpaired) electrons. The van der Waals surface area contributed by atoms with E-state index in [0.717, 1.165) is 21.0 Å². The molecule has 1 unspecified atom stereocenters. The van der Waals surface area contributed by atoms with Crippen molar-refractivity contribution in [1.82, 2.24) is 19.9 Å². The van der Waals surface area contributed by atoms with Crippen molar-refractivity contribution in [2.75, 3.05) is 0 Å². The molecule has 0 saturated carbocycles. The van der Waals surface area contributed by atoms with Crippen LogP contribution in [0.2, 0.25) is 0 Å². The highest BCUT2D eigenvalue weighted by Crippen LogP contribution is 2.30. The van der Waals surface area contributed by atoms with E-state index in [2.05, 4.69) is 10.3 Å². The monoisotopic (exact) mass is 416 g/mol. The van der Waals surface area contributed by atoms with Gasteiger partial charge in [0.2, 0.25) is 5.91 Å². The van der Waals surface area contributed by atoms with Crippen molar-refractivity contribution < 1.29 is 4.79 Å². The molecule has 0 spiro atoms. The van der Waals surface area contributed by atoms with Gasteiger partial charge in [-0.3, -0.25) is 19.1 Å². The maximum atomic E-state index is 13.3. The molecule has 0 aromatic carbocycles. The molecule has 28 heavy (non-hydrogen) atoms. The summed E-state index contributed by atoms with van der Waals surface area (Å²) in [5, 5.41) is 3.73. The lowest BCUT2D eigenvalue weighted by Crippen LogP contribution is -2.36. The van der Waals surface area contributed by atoms with Crippen LogP contribution in [0.4, 0.5) is 0 Å². The van der Waals surface area contributed by atoms with Crippen molar-refractivity contribution >= 4 is 39.2 Å². The molecule has 3 aromatic rings. The molecule has 6 nitrogen and oxygen atoms in total. The molecule has 0 aliphatic carbocycles. The highest BCUT2D eigenvalue weighted by atomic mass is 32.2. The highest BCUT2D eigenvalue weighted by molar-refractivity contribution is 8.00. The van der Waals surface area contributed by atoms with E-state index in [-0.39, 0.29) is 22.8 Å². The molecule has 1 atom stereocenters. The van der Waals surface area contributed by atoms with Gasteiger partial charge in [0, 0.05) is 17.1 Å². The lowest BCUT2D eigenvalue weighted by atomic mass is 10.2. The van der Waals surface area contributed by atoms with E-state index in [1.165, 1.54) is 23.1 Å². The zero-order chi connectivity index (χ0) is 20.4. The topological polar surface area (TPSA) is 76.9 Å². The fraction of sp³-hybridized carbons (Fsp3) is 0.400. The van der Waals surface area contributed by atoms with Crippen molar-refractivity contribution in [3.05, 3.63) is 50.9 Å². The summed E-state index contributed by atoms with van der Waals surface area (Å²) in [7, 11) is 0. The molecule has 1 N–H and O–H groups in total. The molecule has 0 bridgehead atoms. The predicted molar refractivity (Wildman–Crippen MR) is 115 cm³/mol. The van der Waals surface area contributed by atoms with Gasteiger partial charge in [0.1, 0.15) is 4.83 Å². The number of aryl methyl sites for hydroxylation is 2. The second-order valence-corrected chi connectivity index (χ2v) is 9.50. The number of aromatic nitrogens is 3.